The average Bonchev–Trinajstić information content (AvgIpc) is 2.82. The van der Waals surface area contributed by atoms with Crippen LogP contribution in [0.4, 0.5) is 0 Å². The van der Waals surface area contributed by atoms with Gasteiger partial charge in [0.15, 0.2) is 0 Å². The van der Waals surface area contributed by atoms with E-state index in [1.807, 2.05) is 12.1 Å². The van der Waals surface area contributed by atoms with E-state index in [4.69, 9.17) is 4.42 Å². The first-order valence-electron chi connectivity index (χ1n) is 7.11. The second-order valence-corrected chi connectivity index (χ2v) is 5.01. The molecule has 0 aliphatic carbocycles. The fraction of sp³-hybridized carbons (Fsp3) is 0.438. The number of para-hydroxylation sites is 1. The van der Waals surface area contributed by atoms with Gasteiger partial charge < -0.3 is 14.8 Å². The van der Waals surface area contributed by atoms with Crippen molar-refractivity contribution in [2.45, 2.75) is 33.2 Å². The summed E-state index contributed by atoms with van der Waals surface area (Å²) in [6, 6.07) is 7.25. The predicted molar refractivity (Wildman–Crippen MR) is 79.0 cm³/mol. The number of rotatable bonds is 7. The molecular formula is C16H21NO3. The summed E-state index contributed by atoms with van der Waals surface area (Å²) in [5.74, 6) is 0.187. The van der Waals surface area contributed by atoms with Crippen molar-refractivity contribution < 1.29 is 14.3 Å². The highest BCUT2D eigenvalue weighted by atomic mass is 16.4. The van der Waals surface area contributed by atoms with Crippen molar-refractivity contribution in [2.24, 2.45) is 5.92 Å². The lowest BCUT2D eigenvalue weighted by Gasteiger charge is -2.12. The molecule has 0 aliphatic heterocycles. The third-order valence-corrected chi connectivity index (χ3v) is 3.76. The molecular weight excluding hydrogens is 254 g/mol. The zero-order valence-electron chi connectivity index (χ0n) is 12.0. The van der Waals surface area contributed by atoms with Gasteiger partial charge in [0.25, 0.3) is 0 Å². The van der Waals surface area contributed by atoms with Gasteiger partial charge in [-0.1, -0.05) is 44.9 Å². The number of nitrogens with one attached hydrogen (secondary N) is 1. The summed E-state index contributed by atoms with van der Waals surface area (Å²) in [5, 5.41) is 13.3. The molecule has 0 unspecified atom stereocenters. The van der Waals surface area contributed by atoms with Gasteiger partial charge in [-0.3, -0.25) is 0 Å². The van der Waals surface area contributed by atoms with Gasteiger partial charge in [-0.25, -0.2) is 4.79 Å². The quantitative estimate of drug-likeness (QED) is 0.809. The van der Waals surface area contributed by atoms with E-state index in [9.17, 15) is 9.90 Å². The number of hydrogen-bond acceptors (Lipinski definition) is 3. The van der Waals surface area contributed by atoms with E-state index in [0.717, 1.165) is 19.4 Å². The third kappa shape index (κ3) is 3.02. The van der Waals surface area contributed by atoms with E-state index in [1.54, 1.807) is 12.1 Å². The molecule has 0 amide bonds. The van der Waals surface area contributed by atoms with Crippen LogP contribution in [0.25, 0.3) is 11.0 Å². The Balaban J connectivity index is 2.17. The highest BCUT2D eigenvalue weighted by molar-refractivity contribution is 6.03. The second kappa shape index (κ2) is 6.57. The average molecular weight is 275 g/mol. The molecule has 0 radical (unpaired) electrons. The molecule has 1 aromatic carbocycles. The van der Waals surface area contributed by atoms with Gasteiger partial charge in [0.1, 0.15) is 16.9 Å². The summed E-state index contributed by atoms with van der Waals surface area (Å²) in [4.78, 5) is 11.4. The zero-order chi connectivity index (χ0) is 14.5. The lowest BCUT2D eigenvalue weighted by atomic mass is 10.0. The number of carbonyl (C=O) groups is 1. The van der Waals surface area contributed by atoms with Crippen molar-refractivity contribution in [2.75, 3.05) is 6.54 Å². The van der Waals surface area contributed by atoms with E-state index in [0.29, 0.717) is 29.2 Å². The molecule has 0 fully saturated rings. The second-order valence-electron chi connectivity index (χ2n) is 5.01. The molecule has 20 heavy (non-hydrogen) atoms. The minimum atomic E-state index is -0.936. The number of benzene rings is 1. The minimum absolute atomic E-state index is 0.276. The Morgan fingerprint density at radius 3 is 2.65 bits per heavy atom. The number of furan rings is 1. The van der Waals surface area contributed by atoms with Gasteiger partial charge in [-0.2, -0.15) is 0 Å². The van der Waals surface area contributed by atoms with Crippen molar-refractivity contribution in [3.05, 3.63) is 35.6 Å². The van der Waals surface area contributed by atoms with Crippen molar-refractivity contribution >= 4 is 16.9 Å². The van der Waals surface area contributed by atoms with Gasteiger partial charge in [-0.05, 0) is 18.5 Å². The third-order valence-electron chi connectivity index (χ3n) is 3.76. The van der Waals surface area contributed by atoms with Crippen LogP contribution in [0.2, 0.25) is 0 Å². The van der Waals surface area contributed by atoms with E-state index < -0.39 is 5.97 Å². The van der Waals surface area contributed by atoms with Crippen molar-refractivity contribution in [1.29, 1.82) is 0 Å². The molecule has 4 heteroatoms. The molecule has 2 rings (SSSR count). The molecule has 0 saturated heterocycles. The predicted octanol–water partition coefficient (Wildman–Crippen LogP) is 3.66. The van der Waals surface area contributed by atoms with Crippen molar-refractivity contribution in [1.82, 2.24) is 5.32 Å². The molecule has 0 atom stereocenters. The Kier molecular flexibility index (Phi) is 4.79. The standard InChI is InChI=1S/C16H21NO3/c1-3-11(4-2)9-17-10-14-15(16(18)19)12-7-5-6-8-13(12)20-14/h5-8,11,17H,3-4,9-10H2,1-2H3,(H,18,19). The molecule has 0 bridgehead atoms. The first-order chi connectivity index (χ1) is 9.67. The minimum Gasteiger partial charge on any atom is -0.478 e. The smallest absolute Gasteiger partial charge is 0.339 e. The highest BCUT2D eigenvalue weighted by Crippen LogP contribution is 2.25. The summed E-state index contributed by atoms with van der Waals surface area (Å²) in [6.07, 6.45) is 2.24. The first-order valence-corrected chi connectivity index (χ1v) is 7.11. The van der Waals surface area contributed by atoms with Crippen molar-refractivity contribution in [3.8, 4) is 0 Å². The van der Waals surface area contributed by atoms with E-state index in [1.165, 1.54) is 0 Å². The van der Waals surface area contributed by atoms with Gasteiger partial charge in [0.2, 0.25) is 0 Å². The normalized spacial score (nSPS) is 11.3. The maximum atomic E-state index is 11.4. The summed E-state index contributed by atoms with van der Waals surface area (Å²) in [7, 11) is 0. The largest absolute Gasteiger partial charge is 0.478 e. The Bertz CT molecular complexity index is 584. The van der Waals surface area contributed by atoms with Crippen LogP contribution in [0.3, 0.4) is 0 Å². The first kappa shape index (κ1) is 14.6. The molecule has 1 aromatic heterocycles. The maximum absolute atomic E-state index is 11.4. The summed E-state index contributed by atoms with van der Waals surface area (Å²) < 4.78 is 5.67. The number of hydrogen-bond donors (Lipinski definition) is 2. The van der Waals surface area contributed by atoms with Crippen LogP contribution in [0.5, 0.6) is 0 Å². The van der Waals surface area contributed by atoms with Gasteiger partial charge >= 0.3 is 5.97 Å². The Labute approximate surface area is 118 Å². The van der Waals surface area contributed by atoms with Crippen LogP contribution < -0.4 is 5.32 Å². The lowest BCUT2D eigenvalue weighted by Crippen LogP contribution is -2.22. The van der Waals surface area contributed by atoms with Crippen LogP contribution in [0, 0.1) is 5.92 Å². The SMILES string of the molecule is CCC(CC)CNCc1oc2ccccc2c1C(=O)O. The molecule has 1 heterocycles. The van der Waals surface area contributed by atoms with E-state index >= 15 is 0 Å². The fourth-order valence-electron chi connectivity index (χ4n) is 2.42. The fourth-order valence-corrected chi connectivity index (χ4v) is 2.42. The van der Waals surface area contributed by atoms with Crippen LogP contribution >= 0.6 is 0 Å². The summed E-state index contributed by atoms with van der Waals surface area (Å²) >= 11 is 0. The zero-order valence-corrected chi connectivity index (χ0v) is 12.0. The Morgan fingerprint density at radius 1 is 1.30 bits per heavy atom. The summed E-state index contributed by atoms with van der Waals surface area (Å²) in [6.45, 7) is 5.66. The maximum Gasteiger partial charge on any atom is 0.339 e. The number of carboxylic acids is 1. The molecule has 108 valence electrons. The monoisotopic (exact) mass is 275 g/mol. The van der Waals surface area contributed by atoms with Gasteiger partial charge in [0, 0.05) is 5.39 Å². The molecule has 0 aliphatic rings. The van der Waals surface area contributed by atoms with Crippen LogP contribution in [-0.2, 0) is 6.54 Å². The van der Waals surface area contributed by atoms with Gasteiger partial charge in [-0.15, -0.1) is 0 Å². The number of fused-ring (bicyclic) bond motifs is 1. The molecule has 2 aromatic rings. The van der Waals surface area contributed by atoms with Crippen molar-refractivity contribution in [3.63, 3.8) is 0 Å². The molecule has 0 saturated carbocycles. The number of aromatic carboxylic acids is 1. The van der Waals surface area contributed by atoms with E-state index in [2.05, 4.69) is 19.2 Å². The topological polar surface area (TPSA) is 62.5 Å². The highest BCUT2D eigenvalue weighted by Gasteiger charge is 2.19. The number of carboxylic acid groups (broad SMARTS) is 1. The lowest BCUT2D eigenvalue weighted by molar-refractivity contribution is 0.0696. The molecule has 0 spiro atoms. The van der Waals surface area contributed by atoms with Crippen LogP contribution in [0.1, 0.15) is 42.8 Å². The summed E-state index contributed by atoms with van der Waals surface area (Å²) in [5.41, 5.74) is 0.905. The molecule has 2 N–H and O–H groups in total. The molecule has 4 nitrogen and oxygen atoms in total. The van der Waals surface area contributed by atoms with Gasteiger partial charge in [0.05, 0.1) is 6.54 Å². The Morgan fingerprint density at radius 2 is 2.00 bits per heavy atom. The van der Waals surface area contributed by atoms with Crippen LogP contribution in [-0.4, -0.2) is 17.6 Å². The van der Waals surface area contributed by atoms with E-state index in [-0.39, 0.29) is 5.56 Å². The van der Waals surface area contributed by atoms with Crippen LogP contribution in [0.15, 0.2) is 28.7 Å². The Hall–Kier alpha value is -1.81.